The van der Waals surface area contributed by atoms with E-state index >= 15 is 0 Å². The second kappa shape index (κ2) is 10.1. The number of aromatic amines is 1. The Labute approximate surface area is 211 Å². The van der Waals surface area contributed by atoms with Crippen LogP contribution in [0.5, 0.6) is 5.75 Å². The molecule has 5 rings (SSSR count). The number of hydrogen-bond donors (Lipinski definition) is 2. The van der Waals surface area contributed by atoms with Crippen LogP contribution in [0.4, 0.5) is 5.69 Å². The summed E-state index contributed by atoms with van der Waals surface area (Å²) in [5, 5.41) is 13.4. The van der Waals surface area contributed by atoms with Gasteiger partial charge in [0.15, 0.2) is 16.8 Å². The molecule has 2 aromatic heterocycles. The molecule has 0 saturated carbocycles. The van der Waals surface area contributed by atoms with E-state index in [4.69, 9.17) is 4.74 Å². The summed E-state index contributed by atoms with van der Waals surface area (Å²) < 4.78 is 7.25. The molecule has 8 nitrogen and oxygen atoms in total. The van der Waals surface area contributed by atoms with Crippen molar-refractivity contribution in [1.82, 2.24) is 19.7 Å². The van der Waals surface area contributed by atoms with Gasteiger partial charge in [0, 0.05) is 39.6 Å². The number of Topliss-reactive ketones (excluding diaryl/α,β-unsaturated/α-hetero) is 1. The lowest BCUT2D eigenvalue weighted by molar-refractivity contribution is -0.113. The van der Waals surface area contributed by atoms with Crippen molar-refractivity contribution in [2.75, 3.05) is 18.2 Å². The standard InChI is InChI=1S/C27H23N5O3S/c1-17(33)18-7-9-19(10-8-18)29-25(34)16-36-27-31-30-26(23-15-28-24-6-4-3-5-22(23)24)32(27)20-11-13-21(35-2)14-12-20/h3-15,28H,16H2,1-2H3,(H,29,34). The maximum atomic E-state index is 12.7. The molecule has 2 N–H and O–H groups in total. The Kier molecular flexibility index (Phi) is 6.55. The number of hydrogen-bond acceptors (Lipinski definition) is 6. The van der Waals surface area contributed by atoms with Crippen LogP contribution in [0.3, 0.4) is 0 Å². The first-order valence-corrected chi connectivity index (χ1v) is 12.2. The largest absolute Gasteiger partial charge is 0.497 e. The van der Waals surface area contributed by atoms with Crippen molar-refractivity contribution in [1.29, 1.82) is 0 Å². The number of ether oxygens (including phenoxy) is 1. The minimum absolute atomic E-state index is 0.0210. The van der Waals surface area contributed by atoms with E-state index in [0.717, 1.165) is 27.9 Å². The quantitative estimate of drug-likeness (QED) is 0.221. The number of anilines is 1. The molecule has 0 bridgehead atoms. The van der Waals surface area contributed by atoms with E-state index in [1.165, 1.54) is 18.7 Å². The number of rotatable bonds is 8. The third kappa shape index (κ3) is 4.73. The third-order valence-electron chi connectivity index (χ3n) is 5.70. The van der Waals surface area contributed by atoms with Crippen LogP contribution in [0.15, 0.2) is 84.1 Å². The van der Waals surface area contributed by atoms with Crippen molar-refractivity contribution in [2.24, 2.45) is 0 Å². The predicted octanol–water partition coefficient (Wildman–Crippen LogP) is 5.36. The number of amides is 1. The van der Waals surface area contributed by atoms with Crippen molar-refractivity contribution in [3.05, 3.63) is 84.6 Å². The number of para-hydroxylation sites is 1. The molecule has 9 heteroatoms. The molecule has 0 radical (unpaired) electrons. The summed E-state index contributed by atoms with van der Waals surface area (Å²) in [5.74, 6) is 1.34. The lowest BCUT2D eigenvalue weighted by atomic mass is 10.1. The normalized spacial score (nSPS) is 10.9. The fraction of sp³-hybridized carbons (Fsp3) is 0.111. The number of aromatic nitrogens is 4. The maximum absolute atomic E-state index is 12.7. The first-order valence-electron chi connectivity index (χ1n) is 11.2. The number of ketones is 1. The van der Waals surface area contributed by atoms with E-state index in [1.807, 2.05) is 59.3 Å². The van der Waals surface area contributed by atoms with Crippen molar-refractivity contribution < 1.29 is 14.3 Å². The van der Waals surface area contributed by atoms with E-state index in [2.05, 4.69) is 20.5 Å². The van der Waals surface area contributed by atoms with Gasteiger partial charge in [-0.2, -0.15) is 0 Å². The number of H-pyrrole nitrogens is 1. The smallest absolute Gasteiger partial charge is 0.234 e. The van der Waals surface area contributed by atoms with Crippen molar-refractivity contribution in [3.63, 3.8) is 0 Å². The molecule has 2 heterocycles. The highest BCUT2D eigenvalue weighted by Crippen LogP contribution is 2.33. The molecule has 0 aliphatic heterocycles. The molecule has 0 unspecified atom stereocenters. The Morgan fingerprint density at radius 3 is 2.47 bits per heavy atom. The maximum Gasteiger partial charge on any atom is 0.234 e. The van der Waals surface area contributed by atoms with Gasteiger partial charge in [-0.1, -0.05) is 30.0 Å². The molecule has 1 amide bonds. The zero-order valence-corrected chi connectivity index (χ0v) is 20.5. The lowest BCUT2D eigenvalue weighted by Crippen LogP contribution is -2.14. The SMILES string of the molecule is COc1ccc(-n2c(SCC(=O)Nc3ccc(C(C)=O)cc3)nnc2-c2c[nH]c3ccccc23)cc1. The van der Waals surface area contributed by atoms with Gasteiger partial charge in [0.1, 0.15) is 5.75 Å². The molecule has 0 atom stereocenters. The average Bonchev–Trinajstić information content (AvgIpc) is 3.52. The van der Waals surface area contributed by atoms with Crippen molar-refractivity contribution in [2.45, 2.75) is 12.1 Å². The second-order valence-electron chi connectivity index (χ2n) is 8.06. The fourth-order valence-corrected chi connectivity index (χ4v) is 4.63. The number of thioether (sulfide) groups is 1. The number of nitrogens with one attached hydrogen (secondary N) is 2. The monoisotopic (exact) mass is 497 g/mol. The van der Waals surface area contributed by atoms with Gasteiger partial charge in [0.25, 0.3) is 0 Å². The minimum Gasteiger partial charge on any atom is -0.497 e. The Balaban J connectivity index is 1.43. The predicted molar refractivity (Wildman–Crippen MR) is 141 cm³/mol. The van der Waals surface area contributed by atoms with Gasteiger partial charge in [-0.3, -0.25) is 14.2 Å². The van der Waals surface area contributed by atoms with Gasteiger partial charge >= 0.3 is 0 Å². The molecule has 0 aliphatic carbocycles. The van der Waals surface area contributed by atoms with Crippen molar-refractivity contribution >= 4 is 40.0 Å². The zero-order valence-electron chi connectivity index (χ0n) is 19.7. The lowest BCUT2D eigenvalue weighted by Gasteiger charge is -2.11. The van der Waals surface area contributed by atoms with Gasteiger partial charge in [-0.15, -0.1) is 10.2 Å². The molecule has 180 valence electrons. The molecule has 36 heavy (non-hydrogen) atoms. The number of benzene rings is 3. The number of fused-ring (bicyclic) bond motifs is 1. The number of carbonyl (C=O) groups excluding carboxylic acids is 2. The summed E-state index contributed by atoms with van der Waals surface area (Å²) in [5.41, 5.74) is 3.99. The third-order valence-corrected chi connectivity index (χ3v) is 6.63. The first-order chi connectivity index (χ1) is 17.5. The number of nitrogens with zero attached hydrogens (tertiary/aromatic N) is 3. The highest BCUT2D eigenvalue weighted by Gasteiger charge is 2.20. The molecular weight excluding hydrogens is 474 g/mol. The van der Waals surface area contributed by atoms with Crippen LogP contribution < -0.4 is 10.1 Å². The molecule has 0 aliphatic rings. The van der Waals surface area contributed by atoms with Crippen LogP contribution in [0.1, 0.15) is 17.3 Å². The molecule has 0 spiro atoms. The second-order valence-corrected chi connectivity index (χ2v) is 9.00. The van der Waals surface area contributed by atoms with Gasteiger partial charge in [-0.05, 0) is 61.5 Å². The Bertz CT molecular complexity index is 1540. The summed E-state index contributed by atoms with van der Waals surface area (Å²) in [6.45, 7) is 1.51. The van der Waals surface area contributed by atoms with Gasteiger partial charge < -0.3 is 15.0 Å². The van der Waals surface area contributed by atoms with E-state index in [1.54, 1.807) is 31.4 Å². The number of carbonyl (C=O) groups is 2. The van der Waals surface area contributed by atoms with E-state index in [9.17, 15) is 9.59 Å². The summed E-state index contributed by atoms with van der Waals surface area (Å²) in [4.78, 5) is 27.4. The van der Waals surface area contributed by atoms with Gasteiger partial charge in [0.05, 0.1) is 12.9 Å². The van der Waals surface area contributed by atoms with E-state index in [0.29, 0.717) is 22.2 Å². The van der Waals surface area contributed by atoms with Crippen LogP contribution in [0.25, 0.3) is 28.0 Å². The van der Waals surface area contributed by atoms with Crippen molar-refractivity contribution in [3.8, 4) is 22.8 Å². The van der Waals surface area contributed by atoms with Crippen LogP contribution in [0.2, 0.25) is 0 Å². The first kappa shape index (κ1) is 23.4. The molecule has 3 aromatic carbocycles. The van der Waals surface area contributed by atoms with E-state index < -0.39 is 0 Å². The highest BCUT2D eigenvalue weighted by molar-refractivity contribution is 7.99. The average molecular weight is 498 g/mol. The molecular formula is C27H23N5O3S. The topological polar surface area (TPSA) is 102 Å². The molecule has 0 saturated heterocycles. The van der Waals surface area contributed by atoms with Crippen LogP contribution in [-0.4, -0.2) is 44.3 Å². The summed E-state index contributed by atoms with van der Waals surface area (Å²) >= 11 is 1.29. The summed E-state index contributed by atoms with van der Waals surface area (Å²) in [7, 11) is 1.62. The molecule has 5 aromatic rings. The van der Waals surface area contributed by atoms with Crippen LogP contribution in [0, 0.1) is 0 Å². The summed E-state index contributed by atoms with van der Waals surface area (Å²) in [6.07, 6.45) is 1.92. The fourth-order valence-electron chi connectivity index (χ4n) is 3.87. The number of methoxy groups -OCH3 is 1. The Morgan fingerprint density at radius 1 is 1.00 bits per heavy atom. The van der Waals surface area contributed by atoms with Gasteiger partial charge in [0.2, 0.25) is 5.91 Å². The Morgan fingerprint density at radius 2 is 1.75 bits per heavy atom. The zero-order chi connectivity index (χ0) is 25.1. The molecule has 0 fully saturated rings. The Hall–Kier alpha value is -4.37. The minimum atomic E-state index is -0.187. The van der Waals surface area contributed by atoms with Crippen LogP contribution >= 0.6 is 11.8 Å². The van der Waals surface area contributed by atoms with Gasteiger partial charge in [-0.25, -0.2) is 0 Å². The van der Waals surface area contributed by atoms with Crippen LogP contribution in [-0.2, 0) is 4.79 Å². The summed E-state index contributed by atoms with van der Waals surface area (Å²) in [6, 6.07) is 22.4. The van der Waals surface area contributed by atoms with E-state index in [-0.39, 0.29) is 17.4 Å². The highest BCUT2D eigenvalue weighted by atomic mass is 32.2.